The molecule has 1 N–H and O–H groups in total. The second-order valence-electron chi connectivity index (χ2n) is 11.3. The number of halogens is 1. The molecule has 4 rings (SSSR count). The van der Waals surface area contributed by atoms with Gasteiger partial charge in [-0.05, 0) is 47.4 Å². The third-order valence-electron chi connectivity index (χ3n) is 7.52. The minimum Gasteiger partial charge on any atom is -0.493 e. The van der Waals surface area contributed by atoms with E-state index in [4.69, 9.17) is 21.1 Å². The lowest BCUT2D eigenvalue weighted by molar-refractivity contribution is -0.140. The summed E-state index contributed by atoms with van der Waals surface area (Å²) in [6.45, 7) is 3.76. The molecule has 0 saturated carbocycles. The molecule has 9 nitrogen and oxygen atoms in total. The molecular formula is C36H40ClN3O6S. The van der Waals surface area contributed by atoms with Crippen LogP contribution in [0.5, 0.6) is 11.5 Å². The van der Waals surface area contributed by atoms with Crippen LogP contribution < -0.4 is 19.1 Å². The van der Waals surface area contributed by atoms with Gasteiger partial charge in [0.05, 0.1) is 24.8 Å². The van der Waals surface area contributed by atoms with E-state index in [0.717, 1.165) is 9.87 Å². The van der Waals surface area contributed by atoms with Crippen LogP contribution >= 0.6 is 11.6 Å². The Hall–Kier alpha value is -4.54. The van der Waals surface area contributed by atoms with E-state index < -0.39 is 28.5 Å². The quantitative estimate of drug-likeness (QED) is 0.166. The van der Waals surface area contributed by atoms with Crippen LogP contribution in [0.2, 0.25) is 5.02 Å². The molecule has 0 aliphatic carbocycles. The SMILES string of the molecule is COc1ccc(S(=O)(=O)N(CC(=O)N(Cc2ccccc2Cl)[C@H](Cc2ccccc2)C(=O)NCC(C)C)c2ccccc2)cc1OC. The molecular weight excluding hydrogens is 638 g/mol. The number of nitrogens with one attached hydrogen (secondary N) is 1. The van der Waals surface area contributed by atoms with Crippen molar-refractivity contribution in [2.24, 2.45) is 5.92 Å². The lowest BCUT2D eigenvalue weighted by Crippen LogP contribution is -2.53. The Bertz CT molecular complexity index is 1750. The van der Waals surface area contributed by atoms with Gasteiger partial charge in [0.2, 0.25) is 11.8 Å². The van der Waals surface area contributed by atoms with Gasteiger partial charge in [0.15, 0.2) is 11.5 Å². The maximum Gasteiger partial charge on any atom is 0.264 e. The fourth-order valence-electron chi connectivity index (χ4n) is 5.01. The van der Waals surface area contributed by atoms with Crippen molar-refractivity contribution in [2.45, 2.75) is 37.8 Å². The number of benzene rings is 4. The number of rotatable bonds is 15. The third-order valence-corrected chi connectivity index (χ3v) is 9.66. The minimum absolute atomic E-state index is 0.0237. The first kappa shape index (κ1) is 35.3. The molecule has 0 fully saturated rings. The summed E-state index contributed by atoms with van der Waals surface area (Å²) >= 11 is 6.56. The first-order valence-corrected chi connectivity index (χ1v) is 17.0. The summed E-state index contributed by atoms with van der Waals surface area (Å²) < 4.78 is 40.3. The number of sulfonamides is 1. The highest BCUT2D eigenvalue weighted by Crippen LogP contribution is 2.32. The highest BCUT2D eigenvalue weighted by atomic mass is 35.5. The summed E-state index contributed by atoms with van der Waals surface area (Å²) in [5.74, 6) is -0.187. The monoisotopic (exact) mass is 677 g/mol. The normalized spacial score (nSPS) is 11.9. The first-order chi connectivity index (χ1) is 22.5. The molecule has 0 aliphatic heterocycles. The summed E-state index contributed by atoms with van der Waals surface area (Å²) in [4.78, 5) is 29.8. The van der Waals surface area contributed by atoms with Gasteiger partial charge in [-0.25, -0.2) is 8.42 Å². The van der Waals surface area contributed by atoms with Crippen molar-refractivity contribution in [3.8, 4) is 11.5 Å². The van der Waals surface area contributed by atoms with Crippen LogP contribution in [0.1, 0.15) is 25.0 Å². The topological polar surface area (TPSA) is 105 Å². The zero-order valence-corrected chi connectivity index (χ0v) is 28.5. The molecule has 0 aromatic heterocycles. The van der Waals surface area contributed by atoms with E-state index in [0.29, 0.717) is 22.9 Å². The molecule has 4 aromatic rings. The van der Waals surface area contributed by atoms with Gasteiger partial charge in [-0.1, -0.05) is 92.2 Å². The maximum atomic E-state index is 14.6. The van der Waals surface area contributed by atoms with Crippen molar-refractivity contribution in [2.75, 3.05) is 31.6 Å². The molecule has 0 aliphatic rings. The van der Waals surface area contributed by atoms with E-state index in [-0.39, 0.29) is 41.1 Å². The summed E-state index contributed by atoms with van der Waals surface area (Å²) in [5.41, 5.74) is 1.73. The highest BCUT2D eigenvalue weighted by molar-refractivity contribution is 7.92. The Kier molecular flexibility index (Phi) is 12.3. The lowest BCUT2D eigenvalue weighted by atomic mass is 10.0. The molecule has 0 heterocycles. The Labute approximate surface area is 282 Å². The summed E-state index contributed by atoms with van der Waals surface area (Å²) in [5, 5.41) is 3.40. The van der Waals surface area contributed by atoms with Gasteiger partial charge in [-0.2, -0.15) is 0 Å². The van der Waals surface area contributed by atoms with Crippen LogP contribution in [0, 0.1) is 5.92 Å². The van der Waals surface area contributed by atoms with Crippen molar-refractivity contribution < 1.29 is 27.5 Å². The van der Waals surface area contributed by atoms with Crippen LogP contribution in [0.15, 0.2) is 108 Å². The highest BCUT2D eigenvalue weighted by Gasteiger charge is 2.35. The average Bonchev–Trinajstić information content (AvgIpc) is 3.08. The van der Waals surface area contributed by atoms with E-state index in [1.54, 1.807) is 54.6 Å². The standard InChI is InChI=1S/C36H40ClN3O6S/c1-26(2)23-38-36(42)32(21-27-13-7-5-8-14-27)39(24-28-15-11-12-18-31(28)37)35(41)25-40(29-16-9-6-10-17-29)47(43,44)30-19-20-33(45-3)34(22-30)46-4/h5-20,22,26,32H,21,23-25H2,1-4H3,(H,38,42)/t32-/m1/s1. The molecule has 0 unspecified atom stereocenters. The number of amides is 2. The number of anilines is 1. The smallest absolute Gasteiger partial charge is 0.264 e. The molecule has 248 valence electrons. The van der Waals surface area contributed by atoms with Crippen LogP contribution in [0.25, 0.3) is 0 Å². The number of carbonyl (C=O) groups is 2. The zero-order valence-electron chi connectivity index (χ0n) is 26.9. The van der Waals surface area contributed by atoms with Crippen molar-refractivity contribution in [1.29, 1.82) is 0 Å². The van der Waals surface area contributed by atoms with Crippen molar-refractivity contribution in [3.63, 3.8) is 0 Å². The van der Waals surface area contributed by atoms with Gasteiger partial charge >= 0.3 is 0 Å². The molecule has 1 atom stereocenters. The summed E-state index contributed by atoms with van der Waals surface area (Å²) in [7, 11) is -1.45. The van der Waals surface area contributed by atoms with E-state index in [1.807, 2.05) is 44.2 Å². The fourth-order valence-corrected chi connectivity index (χ4v) is 6.64. The van der Waals surface area contributed by atoms with Gasteiger partial charge in [0.1, 0.15) is 12.6 Å². The Morgan fingerprint density at radius 2 is 1.45 bits per heavy atom. The molecule has 0 saturated heterocycles. The second-order valence-corrected chi connectivity index (χ2v) is 13.6. The maximum absolute atomic E-state index is 14.6. The molecule has 47 heavy (non-hydrogen) atoms. The van der Waals surface area contributed by atoms with Crippen LogP contribution in [0.3, 0.4) is 0 Å². The molecule has 0 radical (unpaired) electrons. The van der Waals surface area contributed by atoms with Crippen LogP contribution in [0.4, 0.5) is 5.69 Å². The van der Waals surface area contributed by atoms with E-state index in [2.05, 4.69) is 5.32 Å². The number of para-hydroxylation sites is 1. The number of methoxy groups -OCH3 is 2. The Morgan fingerprint density at radius 3 is 2.06 bits per heavy atom. The third kappa shape index (κ3) is 9.05. The largest absolute Gasteiger partial charge is 0.493 e. The van der Waals surface area contributed by atoms with Crippen molar-refractivity contribution >= 4 is 39.1 Å². The van der Waals surface area contributed by atoms with Crippen LogP contribution in [-0.2, 0) is 32.6 Å². The Balaban J connectivity index is 1.81. The number of nitrogens with zero attached hydrogens (tertiary/aromatic N) is 2. The molecule has 0 spiro atoms. The molecule has 11 heteroatoms. The number of ether oxygens (including phenoxy) is 2. The molecule has 2 amide bonds. The van der Waals surface area contributed by atoms with Gasteiger partial charge in [0, 0.05) is 30.6 Å². The molecule has 0 bridgehead atoms. The zero-order chi connectivity index (χ0) is 34.0. The van der Waals surface area contributed by atoms with Crippen molar-refractivity contribution in [1.82, 2.24) is 10.2 Å². The molecule has 4 aromatic carbocycles. The van der Waals surface area contributed by atoms with Gasteiger partial charge in [-0.3, -0.25) is 13.9 Å². The predicted molar refractivity (Wildman–Crippen MR) is 184 cm³/mol. The predicted octanol–water partition coefficient (Wildman–Crippen LogP) is 5.96. The van der Waals surface area contributed by atoms with Gasteiger partial charge in [-0.15, -0.1) is 0 Å². The number of carbonyl (C=O) groups excluding carboxylic acids is 2. The van der Waals surface area contributed by atoms with Crippen LogP contribution in [-0.4, -0.2) is 58.5 Å². The fraction of sp³-hybridized carbons (Fsp3) is 0.278. The van der Waals surface area contributed by atoms with E-state index >= 15 is 0 Å². The van der Waals surface area contributed by atoms with Crippen molar-refractivity contribution in [3.05, 3.63) is 119 Å². The first-order valence-electron chi connectivity index (χ1n) is 15.2. The second kappa shape index (κ2) is 16.3. The summed E-state index contributed by atoms with van der Waals surface area (Å²) in [6.07, 6.45) is 0.203. The van der Waals surface area contributed by atoms with Gasteiger partial charge in [0.25, 0.3) is 10.0 Å². The Morgan fingerprint density at radius 1 is 0.830 bits per heavy atom. The van der Waals surface area contributed by atoms with E-state index in [1.165, 1.54) is 37.3 Å². The lowest BCUT2D eigenvalue weighted by Gasteiger charge is -2.34. The summed E-state index contributed by atoms with van der Waals surface area (Å²) in [6, 6.07) is 28.1. The van der Waals surface area contributed by atoms with E-state index in [9.17, 15) is 18.0 Å². The van der Waals surface area contributed by atoms with Gasteiger partial charge < -0.3 is 19.7 Å². The number of hydrogen-bond donors (Lipinski definition) is 1. The minimum atomic E-state index is -4.32. The average molecular weight is 678 g/mol. The number of hydrogen-bond acceptors (Lipinski definition) is 6.